The molecule has 20 heavy (non-hydrogen) atoms. The molecule has 1 aromatic rings. The Bertz CT molecular complexity index is 553. The fourth-order valence-corrected chi connectivity index (χ4v) is 4.28. The van der Waals surface area contributed by atoms with Crippen molar-refractivity contribution in [2.45, 2.75) is 35.8 Å². The van der Waals surface area contributed by atoms with E-state index in [-0.39, 0.29) is 11.6 Å². The van der Waals surface area contributed by atoms with Gasteiger partial charge in [-0.25, -0.2) is 13.1 Å². The Morgan fingerprint density at radius 3 is 2.60 bits per heavy atom. The van der Waals surface area contributed by atoms with Crippen molar-refractivity contribution < 1.29 is 13.2 Å². The Balaban J connectivity index is 1.67. The number of sulfonamides is 1. The van der Waals surface area contributed by atoms with Gasteiger partial charge in [-0.1, -0.05) is 18.2 Å². The van der Waals surface area contributed by atoms with Gasteiger partial charge in [0, 0.05) is 6.04 Å². The zero-order chi connectivity index (χ0) is 14.1. The van der Waals surface area contributed by atoms with E-state index in [1.54, 1.807) is 24.3 Å². The molecule has 2 saturated heterocycles. The molecular formula is C14H20N2O3S. The maximum Gasteiger partial charge on any atom is 0.240 e. The molecule has 0 radical (unpaired) electrons. The topological polar surface area (TPSA) is 67.4 Å². The van der Waals surface area contributed by atoms with Gasteiger partial charge in [0.15, 0.2) is 0 Å². The molecule has 2 fully saturated rings. The number of nitrogens with one attached hydrogen (secondary N) is 2. The van der Waals surface area contributed by atoms with E-state index in [9.17, 15) is 8.42 Å². The molecule has 0 aromatic heterocycles. The number of benzene rings is 1. The highest BCUT2D eigenvalue weighted by molar-refractivity contribution is 7.89. The zero-order valence-electron chi connectivity index (χ0n) is 11.3. The maximum atomic E-state index is 12.3. The fourth-order valence-electron chi connectivity index (χ4n) is 3.04. The zero-order valence-corrected chi connectivity index (χ0v) is 12.2. The summed E-state index contributed by atoms with van der Waals surface area (Å²) in [6.45, 7) is 2.35. The SMILES string of the molecule is O=S(=O)(NC1COC2(CCNCC2)C1)c1ccccc1. The number of piperidine rings is 1. The third kappa shape index (κ3) is 2.88. The van der Waals surface area contributed by atoms with E-state index < -0.39 is 10.0 Å². The molecule has 0 saturated carbocycles. The molecule has 2 N–H and O–H groups in total. The number of hydrogen-bond donors (Lipinski definition) is 2. The van der Waals surface area contributed by atoms with Gasteiger partial charge in [-0.15, -0.1) is 0 Å². The standard InChI is InChI=1S/C14H20N2O3S/c17-20(18,13-4-2-1-3-5-13)16-12-10-14(19-11-12)6-8-15-9-7-14/h1-5,12,15-16H,6-11H2. The largest absolute Gasteiger partial charge is 0.373 e. The Labute approximate surface area is 119 Å². The molecule has 110 valence electrons. The molecule has 5 nitrogen and oxygen atoms in total. The number of rotatable bonds is 3. The lowest BCUT2D eigenvalue weighted by Gasteiger charge is -2.32. The van der Waals surface area contributed by atoms with E-state index in [0.29, 0.717) is 11.5 Å². The lowest BCUT2D eigenvalue weighted by atomic mass is 9.88. The first-order chi connectivity index (χ1) is 9.60. The predicted octanol–water partition coefficient (Wildman–Crippen LogP) is 0.876. The van der Waals surface area contributed by atoms with Crippen LogP contribution in [0.15, 0.2) is 35.2 Å². The van der Waals surface area contributed by atoms with Crippen LogP contribution in [-0.4, -0.2) is 39.8 Å². The minimum absolute atomic E-state index is 0.127. The summed E-state index contributed by atoms with van der Waals surface area (Å²) in [5, 5.41) is 3.31. The highest BCUT2D eigenvalue weighted by Gasteiger charge is 2.42. The molecule has 6 heteroatoms. The Morgan fingerprint density at radius 2 is 1.90 bits per heavy atom. The van der Waals surface area contributed by atoms with Gasteiger partial charge in [0.2, 0.25) is 10.0 Å². The molecule has 2 heterocycles. The average molecular weight is 296 g/mol. The Hall–Kier alpha value is -0.950. The second-order valence-electron chi connectivity index (χ2n) is 5.58. The summed E-state index contributed by atoms with van der Waals surface area (Å²) in [7, 11) is -3.44. The van der Waals surface area contributed by atoms with Crippen molar-refractivity contribution >= 4 is 10.0 Å². The fraction of sp³-hybridized carbons (Fsp3) is 0.571. The van der Waals surface area contributed by atoms with Crippen LogP contribution in [0.5, 0.6) is 0 Å². The van der Waals surface area contributed by atoms with E-state index in [0.717, 1.165) is 32.4 Å². The van der Waals surface area contributed by atoms with Crippen LogP contribution in [0.2, 0.25) is 0 Å². The molecule has 3 rings (SSSR count). The van der Waals surface area contributed by atoms with E-state index in [4.69, 9.17) is 4.74 Å². The first-order valence-electron chi connectivity index (χ1n) is 7.02. The summed E-state index contributed by atoms with van der Waals surface area (Å²) in [5.41, 5.74) is -0.130. The maximum absolute atomic E-state index is 12.3. The Morgan fingerprint density at radius 1 is 1.20 bits per heavy atom. The molecule has 1 spiro atoms. The summed E-state index contributed by atoms with van der Waals surface area (Å²) < 4.78 is 33.2. The number of ether oxygens (including phenoxy) is 1. The molecule has 2 aliphatic rings. The van der Waals surface area contributed by atoms with Crippen LogP contribution in [0.3, 0.4) is 0 Å². The molecule has 1 aromatic carbocycles. The van der Waals surface area contributed by atoms with Gasteiger partial charge < -0.3 is 10.1 Å². The molecule has 0 bridgehead atoms. The van der Waals surface area contributed by atoms with Crippen LogP contribution in [0.1, 0.15) is 19.3 Å². The van der Waals surface area contributed by atoms with Crippen LogP contribution in [-0.2, 0) is 14.8 Å². The van der Waals surface area contributed by atoms with Crippen molar-refractivity contribution in [1.82, 2.24) is 10.0 Å². The smallest absolute Gasteiger partial charge is 0.240 e. The normalized spacial score (nSPS) is 25.9. The molecule has 1 atom stereocenters. The third-order valence-electron chi connectivity index (χ3n) is 4.10. The van der Waals surface area contributed by atoms with Crippen molar-refractivity contribution in [2.75, 3.05) is 19.7 Å². The molecule has 1 unspecified atom stereocenters. The molecule has 0 aliphatic carbocycles. The first-order valence-corrected chi connectivity index (χ1v) is 8.50. The summed E-state index contributed by atoms with van der Waals surface area (Å²) in [6.07, 6.45) is 2.67. The molecule has 0 amide bonds. The number of hydrogen-bond acceptors (Lipinski definition) is 4. The van der Waals surface area contributed by atoms with Crippen molar-refractivity contribution in [3.8, 4) is 0 Å². The van der Waals surface area contributed by atoms with Gasteiger partial charge in [0.1, 0.15) is 0 Å². The molecule has 2 aliphatic heterocycles. The first kappa shape index (κ1) is 14.0. The van der Waals surface area contributed by atoms with Crippen molar-refractivity contribution in [2.24, 2.45) is 0 Å². The van der Waals surface area contributed by atoms with Crippen LogP contribution in [0.4, 0.5) is 0 Å². The lowest BCUT2D eigenvalue weighted by Crippen LogP contribution is -2.42. The minimum atomic E-state index is -3.44. The van der Waals surface area contributed by atoms with Crippen LogP contribution in [0.25, 0.3) is 0 Å². The van der Waals surface area contributed by atoms with Gasteiger partial charge in [-0.2, -0.15) is 0 Å². The van der Waals surface area contributed by atoms with Crippen molar-refractivity contribution in [3.63, 3.8) is 0 Å². The van der Waals surface area contributed by atoms with E-state index in [1.807, 2.05) is 6.07 Å². The summed E-state index contributed by atoms with van der Waals surface area (Å²) >= 11 is 0. The van der Waals surface area contributed by atoms with Gasteiger partial charge in [0.05, 0.1) is 17.1 Å². The van der Waals surface area contributed by atoms with Gasteiger partial charge in [-0.05, 0) is 44.5 Å². The quantitative estimate of drug-likeness (QED) is 0.869. The second-order valence-corrected chi connectivity index (χ2v) is 7.29. The Kier molecular flexibility index (Phi) is 3.81. The monoisotopic (exact) mass is 296 g/mol. The van der Waals surface area contributed by atoms with Crippen LogP contribution in [0, 0.1) is 0 Å². The second kappa shape index (κ2) is 5.44. The molecular weight excluding hydrogens is 276 g/mol. The average Bonchev–Trinajstić information content (AvgIpc) is 2.82. The highest BCUT2D eigenvalue weighted by atomic mass is 32.2. The summed E-state index contributed by atoms with van der Waals surface area (Å²) in [4.78, 5) is 0.311. The third-order valence-corrected chi connectivity index (χ3v) is 5.64. The highest BCUT2D eigenvalue weighted by Crippen LogP contribution is 2.34. The van der Waals surface area contributed by atoms with Gasteiger partial charge >= 0.3 is 0 Å². The van der Waals surface area contributed by atoms with Crippen LogP contribution >= 0.6 is 0 Å². The lowest BCUT2D eigenvalue weighted by molar-refractivity contribution is -0.0193. The summed E-state index contributed by atoms with van der Waals surface area (Å²) in [5.74, 6) is 0. The van der Waals surface area contributed by atoms with Gasteiger partial charge in [-0.3, -0.25) is 0 Å². The van der Waals surface area contributed by atoms with Crippen molar-refractivity contribution in [3.05, 3.63) is 30.3 Å². The van der Waals surface area contributed by atoms with Gasteiger partial charge in [0.25, 0.3) is 0 Å². The van der Waals surface area contributed by atoms with Crippen molar-refractivity contribution in [1.29, 1.82) is 0 Å². The van der Waals surface area contributed by atoms with E-state index in [2.05, 4.69) is 10.0 Å². The summed E-state index contributed by atoms with van der Waals surface area (Å²) in [6, 6.07) is 8.36. The van der Waals surface area contributed by atoms with E-state index in [1.165, 1.54) is 0 Å². The predicted molar refractivity (Wildman–Crippen MR) is 76.0 cm³/mol. The van der Waals surface area contributed by atoms with Crippen LogP contribution < -0.4 is 10.0 Å². The van der Waals surface area contributed by atoms with E-state index >= 15 is 0 Å². The minimum Gasteiger partial charge on any atom is -0.373 e.